The second-order valence-electron chi connectivity index (χ2n) is 6.08. The Balaban J connectivity index is 1.85. The molecular formula is C16H20N2O3. The molecule has 5 nitrogen and oxygen atoms in total. The summed E-state index contributed by atoms with van der Waals surface area (Å²) in [4.78, 5) is 27.5. The molecule has 2 aliphatic rings. The number of rotatable bonds is 1. The van der Waals surface area contributed by atoms with Crippen LogP contribution in [0.1, 0.15) is 24.5 Å². The van der Waals surface area contributed by atoms with Crippen LogP contribution in [0, 0.1) is 5.92 Å². The predicted octanol–water partition coefficient (Wildman–Crippen LogP) is 1.96. The van der Waals surface area contributed by atoms with Crippen molar-refractivity contribution in [3.63, 3.8) is 0 Å². The molecule has 0 bridgehead atoms. The van der Waals surface area contributed by atoms with Crippen molar-refractivity contribution in [2.45, 2.75) is 32.4 Å². The highest BCUT2D eigenvalue weighted by Gasteiger charge is 2.37. The Morgan fingerprint density at radius 3 is 2.57 bits per heavy atom. The van der Waals surface area contributed by atoms with Gasteiger partial charge in [-0.25, -0.2) is 9.59 Å². The largest absolute Gasteiger partial charge is 0.480 e. The maximum absolute atomic E-state index is 12.7. The average Bonchev–Trinajstić information content (AvgIpc) is 2.91. The molecular weight excluding hydrogens is 268 g/mol. The van der Waals surface area contributed by atoms with Crippen LogP contribution in [0.15, 0.2) is 24.3 Å². The smallest absolute Gasteiger partial charge is 0.326 e. The summed E-state index contributed by atoms with van der Waals surface area (Å²) in [5, 5.41) is 9.47. The van der Waals surface area contributed by atoms with E-state index in [1.807, 2.05) is 24.3 Å². The van der Waals surface area contributed by atoms with Gasteiger partial charge >= 0.3 is 12.0 Å². The van der Waals surface area contributed by atoms with Crippen molar-refractivity contribution < 1.29 is 14.7 Å². The van der Waals surface area contributed by atoms with Crippen molar-refractivity contribution in [1.82, 2.24) is 9.80 Å². The molecule has 1 N–H and O–H groups in total. The number of urea groups is 1. The number of likely N-dealkylation sites (tertiary alicyclic amines) is 1. The van der Waals surface area contributed by atoms with Gasteiger partial charge in [0.15, 0.2) is 0 Å². The molecule has 5 heteroatoms. The molecule has 0 aromatic heterocycles. The van der Waals surface area contributed by atoms with Gasteiger partial charge in [0.05, 0.1) is 0 Å². The highest BCUT2D eigenvalue weighted by molar-refractivity contribution is 5.83. The summed E-state index contributed by atoms with van der Waals surface area (Å²) in [6.07, 6.45) is 1.38. The zero-order valence-corrected chi connectivity index (χ0v) is 12.2. The van der Waals surface area contributed by atoms with Crippen LogP contribution in [-0.4, -0.2) is 46.0 Å². The standard InChI is InChI=1S/C16H20N2O3/c1-11-6-7-17(9-11)16(21)18-10-13-5-3-2-4-12(13)8-14(18)15(19)20/h2-5,11,14H,6-10H2,1H3,(H,19,20). The van der Waals surface area contributed by atoms with Crippen LogP contribution >= 0.6 is 0 Å². The van der Waals surface area contributed by atoms with Crippen LogP contribution in [-0.2, 0) is 17.8 Å². The SMILES string of the molecule is CC1CCN(C(=O)N2Cc3ccccc3CC2C(=O)O)C1. The molecule has 21 heavy (non-hydrogen) atoms. The van der Waals surface area contributed by atoms with Crippen LogP contribution in [0.2, 0.25) is 0 Å². The summed E-state index contributed by atoms with van der Waals surface area (Å²) < 4.78 is 0. The molecule has 0 saturated carbocycles. The highest BCUT2D eigenvalue weighted by Crippen LogP contribution is 2.26. The van der Waals surface area contributed by atoms with Crippen LogP contribution in [0.5, 0.6) is 0 Å². The number of fused-ring (bicyclic) bond motifs is 1. The Morgan fingerprint density at radius 1 is 1.24 bits per heavy atom. The van der Waals surface area contributed by atoms with Crippen LogP contribution < -0.4 is 0 Å². The van der Waals surface area contributed by atoms with Crippen molar-refractivity contribution in [2.75, 3.05) is 13.1 Å². The van der Waals surface area contributed by atoms with Crippen molar-refractivity contribution in [2.24, 2.45) is 5.92 Å². The van der Waals surface area contributed by atoms with E-state index in [9.17, 15) is 14.7 Å². The third-order valence-electron chi connectivity index (χ3n) is 4.47. The minimum atomic E-state index is -0.926. The Morgan fingerprint density at radius 2 is 1.95 bits per heavy atom. The minimum absolute atomic E-state index is 0.138. The number of carboxylic acids is 1. The van der Waals surface area contributed by atoms with Gasteiger partial charge in [0.25, 0.3) is 0 Å². The topological polar surface area (TPSA) is 60.9 Å². The molecule has 112 valence electrons. The lowest BCUT2D eigenvalue weighted by Gasteiger charge is -2.36. The fourth-order valence-electron chi connectivity index (χ4n) is 3.24. The number of nitrogens with zero attached hydrogens (tertiary/aromatic N) is 2. The Kier molecular flexibility index (Phi) is 3.57. The molecule has 0 spiro atoms. The quantitative estimate of drug-likeness (QED) is 0.859. The third-order valence-corrected chi connectivity index (χ3v) is 4.47. The number of carbonyl (C=O) groups excluding carboxylic acids is 1. The van der Waals surface area contributed by atoms with Crippen LogP contribution in [0.25, 0.3) is 0 Å². The van der Waals surface area contributed by atoms with Gasteiger partial charge in [-0.1, -0.05) is 31.2 Å². The zero-order chi connectivity index (χ0) is 15.0. The van der Waals surface area contributed by atoms with Gasteiger partial charge in [-0.05, 0) is 23.5 Å². The summed E-state index contributed by atoms with van der Waals surface area (Å²) >= 11 is 0. The van der Waals surface area contributed by atoms with Crippen molar-refractivity contribution >= 4 is 12.0 Å². The number of hydrogen-bond acceptors (Lipinski definition) is 2. The molecule has 3 rings (SSSR count). The molecule has 2 heterocycles. The molecule has 2 aliphatic heterocycles. The molecule has 0 radical (unpaired) electrons. The Labute approximate surface area is 124 Å². The number of carboxylic acid groups (broad SMARTS) is 1. The van der Waals surface area contributed by atoms with E-state index in [1.165, 1.54) is 4.90 Å². The Bertz CT molecular complexity index is 572. The molecule has 0 aliphatic carbocycles. The van der Waals surface area contributed by atoms with Crippen LogP contribution in [0.4, 0.5) is 4.79 Å². The van der Waals surface area contributed by atoms with E-state index in [0.717, 1.165) is 30.6 Å². The zero-order valence-electron chi connectivity index (χ0n) is 12.2. The van der Waals surface area contributed by atoms with E-state index >= 15 is 0 Å². The first kappa shape index (κ1) is 13.9. The number of amides is 2. The van der Waals surface area contributed by atoms with Gasteiger partial charge in [-0.3, -0.25) is 0 Å². The molecule has 2 unspecified atom stereocenters. The highest BCUT2D eigenvalue weighted by atomic mass is 16.4. The summed E-state index contributed by atoms with van der Waals surface area (Å²) in [5.41, 5.74) is 2.08. The lowest BCUT2D eigenvalue weighted by molar-refractivity contribution is -0.142. The summed E-state index contributed by atoms with van der Waals surface area (Å²) in [6.45, 7) is 3.96. The van der Waals surface area contributed by atoms with Crippen molar-refractivity contribution in [3.8, 4) is 0 Å². The minimum Gasteiger partial charge on any atom is -0.480 e. The molecule has 2 amide bonds. The first-order valence-corrected chi connectivity index (χ1v) is 7.41. The fourth-order valence-corrected chi connectivity index (χ4v) is 3.24. The molecule has 1 fully saturated rings. The van der Waals surface area contributed by atoms with Gasteiger partial charge in [0.1, 0.15) is 6.04 Å². The molecule has 1 aromatic carbocycles. The summed E-state index contributed by atoms with van der Waals surface area (Å²) in [7, 11) is 0. The maximum Gasteiger partial charge on any atom is 0.326 e. The summed E-state index contributed by atoms with van der Waals surface area (Å²) in [6, 6.07) is 6.87. The lowest BCUT2D eigenvalue weighted by Crippen LogP contribution is -2.53. The molecule has 2 atom stereocenters. The number of aliphatic carboxylic acids is 1. The van der Waals surface area contributed by atoms with Crippen molar-refractivity contribution in [3.05, 3.63) is 35.4 Å². The third kappa shape index (κ3) is 2.60. The number of benzene rings is 1. The van der Waals surface area contributed by atoms with E-state index < -0.39 is 12.0 Å². The maximum atomic E-state index is 12.7. The monoisotopic (exact) mass is 288 g/mol. The van der Waals surface area contributed by atoms with E-state index in [0.29, 0.717) is 18.9 Å². The first-order chi connectivity index (χ1) is 10.1. The van der Waals surface area contributed by atoms with E-state index in [4.69, 9.17) is 0 Å². The normalized spacial score (nSPS) is 24.8. The summed E-state index contributed by atoms with van der Waals surface area (Å²) in [5.74, 6) is -0.431. The van der Waals surface area contributed by atoms with E-state index in [2.05, 4.69) is 6.92 Å². The second kappa shape index (κ2) is 5.39. The van der Waals surface area contributed by atoms with E-state index in [-0.39, 0.29) is 6.03 Å². The van der Waals surface area contributed by atoms with Gasteiger partial charge < -0.3 is 14.9 Å². The average molecular weight is 288 g/mol. The van der Waals surface area contributed by atoms with Gasteiger partial charge in [-0.2, -0.15) is 0 Å². The number of carbonyl (C=O) groups is 2. The van der Waals surface area contributed by atoms with Crippen LogP contribution in [0.3, 0.4) is 0 Å². The van der Waals surface area contributed by atoms with Gasteiger partial charge in [0.2, 0.25) is 0 Å². The van der Waals surface area contributed by atoms with Gasteiger partial charge in [0, 0.05) is 26.1 Å². The molecule has 1 aromatic rings. The number of hydrogen-bond donors (Lipinski definition) is 1. The first-order valence-electron chi connectivity index (χ1n) is 7.41. The molecule has 1 saturated heterocycles. The Hall–Kier alpha value is -2.04. The second-order valence-corrected chi connectivity index (χ2v) is 6.08. The fraction of sp³-hybridized carbons (Fsp3) is 0.500. The lowest BCUT2D eigenvalue weighted by atomic mass is 9.94. The predicted molar refractivity (Wildman–Crippen MR) is 77.9 cm³/mol. The van der Waals surface area contributed by atoms with Crippen molar-refractivity contribution in [1.29, 1.82) is 0 Å². The van der Waals surface area contributed by atoms with E-state index in [1.54, 1.807) is 4.90 Å². The van der Waals surface area contributed by atoms with Gasteiger partial charge in [-0.15, -0.1) is 0 Å².